The van der Waals surface area contributed by atoms with Crippen LogP contribution in [0, 0.1) is 28.5 Å². The zero-order valence-electron chi connectivity index (χ0n) is 27.9. The summed E-state index contributed by atoms with van der Waals surface area (Å²) in [5.41, 5.74) is 6.94. The van der Waals surface area contributed by atoms with Gasteiger partial charge in [0.05, 0.1) is 40.1 Å². The van der Waals surface area contributed by atoms with E-state index in [1.54, 1.807) is 19.2 Å². The number of thiophene rings is 1. The molecule has 3 aliphatic rings. The van der Waals surface area contributed by atoms with Crippen molar-refractivity contribution in [2.75, 3.05) is 51.5 Å². The summed E-state index contributed by atoms with van der Waals surface area (Å²) in [5, 5.41) is 14.9. The molecule has 2 unspecified atom stereocenters. The number of nitriles is 1. The fourth-order valence-electron chi connectivity index (χ4n) is 7.35. The molecule has 2 saturated carbocycles. The molecule has 4 aromatic rings. The Hall–Kier alpha value is -3.66. The summed E-state index contributed by atoms with van der Waals surface area (Å²) in [7, 11) is 4.23. The first kappa shape index (κ1) is 32.9. The number of hydrogen-bond acceptors (Lipinski definition) is 10. The Kier molecular flexibility index (Phi) is 8.67. The standard InChI is InChI=1S/C36H43F2N7O2S/c1-34(38)11-7-22(8-14-46-20-34)16-35(12-13-35)21-47-33-43-28-15-27(23-5-6-26(37)30-29(23)24(17-39)31(40)48-30)41-18-25(28)32(44-33)42-19-36(45(2)3)9-4-10-36/h5-6,15,18,22H,4,7-14,16,19-21,40H2,1-3H3,(H,42,43,44). The van der Waals surface area contributed by atoms with Crippen LogP contribution in [0.25, 0.3) is 32.2 Å². The number of anilines is 2. The number of fused-ring (bicyclic) bond motifs is 2. The lowest BCUT2D eigenvalue weighted by Crippen LogP contribution is -2.54. The lowest BCUT2D eigenvalue weighted by atomic mass is 9.75. The van der Waals surface area contributed by atoms with Crippen molar-refractivity contribution < 1.29 is 18.3 Å². The molecule has 1 saturated heterocycles. The molecular weight excluding hydrogens is 633 g/mol. The van der Waals surface area contributed by atoms with Crippen molar-refractivity contribution in [2.24, 2.45) is 11.3 Å². The fourth-order valence-corrected chi connectivity index (χ4v) is 8.30. The minimum Gasteiger partial charge on any atom is -0.463 e. The maximum absolute atomic E-state index is 14.8. The minimum atomic E-state index is -1.28. The Labute approximate surface area is 283 Å². The van der Waals surface area contributed by atoms with E-state index in [0.29, 0.717) is 64.8 Å². The molecule has 1 aliphatic heterocycles. The molecular formula is C36H43F2N7O2S. The molecule has 2 atom stereocenters. The average molecular weight is 676 g/mol. The first-order valence-corrected chi connectivity index (χ1v) is 17.7. The number of hydrogen-bond donors (Lipinski definition) is 2. The van der Waals surface area contributed by atoms with E-state index in [0.717, 1.165) is 61.7 Å². The summed E-state index contributed by atoms with van der Waals surface area (Å²) in [6, 6.07) is 7.28. The van der Waals surface area contributed by atoms with E-state index in [2.05, 4.69) is 30.4 Å². The summed E-state index contributed by atoms with van der Waals surface area (Å²) >= 11 is 1.06. The largest absolute Gasteiger partial charge is 0.463 e. The Morgan fingerprint density at radius 3 is 2.71 bits per heavy atom. The van der Waals surface area contributed by atoms with Gasteiger partial charge in [0, 0.05) is 41.3 Å². The van der Waals surface area contributed by atoms with Crippen LogP contribution in [0.2, 0.25) is 0 Å². The first-order chi connectivity index (χ1) is 23.0. The fraction of sp³-hybridized carbons (Fsp3) is 0.556. The number of nitrogens with zero attached hydrogens (tertiary/aromatic N) is 5. The van der Waals surface area contributed by atoms with Crippen LogP contribution in [0.3, 0.4) is 0 Å². The molecule has 0 spiro atoms. The third kappa shape index (κ3) is 6.40. The highest BCUT2D eigenvalue weighted by Gasteiger charge is 2.46. The second-order valence-electron chi connectivity index (χ2n) is 14.7. The number of nitrogen functional groups attached to an aromatic ring is 1. The summed E-state index contributed by atoms with van der Waals surface area (Å²) in [6.45, 7) is 3.59. The summed E-state index contributed by atoms with van der Waals surface area (Å²) in [5.74, 6) is 0.604. The van der Waals surface area contributed by atoms with E-state index in [4.69, 9.17) is 30.2 Å². The minimum absolute atomic E-state index is 0.0269. The molecule has 3 aromatic heterocycles. The number of likely N-dealkylation sites (N-methyl/N-ethyl adjacent to an activating group) is 1. The van der Waals surface area contributed by atoms with Gasteiger partial charge >= 0.3 is 6.01 Å². The smallest absolute Gasteiger partial charge is 0.318 e. The molecule has 0 radical (unpaired) electrons. The highest BCUT2D eigenvalue weighted by atomic mass is 32.1. The number of rotatable bonds is 10. The molecule has 0 amide bonds. The van der Waals surface area contributed by atoms with Crippen molar-refractivity contribution in [2.45, 2.75) is 75.9 Å². The number of halogens is 2. The predicted molar refractivity (Wildman–Crippen MR) is 185 cm³/mol. The number of nitrogens with one attached hydrogen (secondary N) is 1. The highest BCUT2D eigenvalue weighted by molar-refractivity contribution is 7.23. The monoisotopic (exact) mass is 675 g/mol. The third-order valence-electron chi connectivity index (χ3n) is 10.9. The first-order valence-electron chi connectivity index (χ1n) is 16.9. The van der Waals surface area contributed by atoms with Crippen molar-refractivity contribution in [1.82, 2.24) is 19.9 Å². The molecule has 4 heterocycles. The molecule has 1 aromatic carbocycles. The van der Waals surface area contributed by atoms with Gasteiger partial charge in [-0.05, 0) is 103 Å². The van der Waals surface area contributed by atoms with Crippen LogP contribution >= 0.6 is 11.3 Å². The van der Waals surface area contributed by atoms with Crippen molar-refractivity contribution in [3.05, 3.63) is 35.8 Å². The van der Waals surface area contributed by atoms with Gasteiger partial charge in [0.15, 0.2) is 0 Å². The number of nitrogens with two attached hydrogens (primary N) is 1. The van der Waals surface area contributed by atoms with E-state index < -0.39 is 11.5 Å². The lowest BCUT2D eigenvalue weighted by molar-refractivity contribution is -0.00678. The number of benzene rings is 1. The van der Waals surface area contributed by atoms with Crippen LogP contribution in [0.5, 0.6) is 6.01 Å². The van der Waals surface area contributed by atoms with Gasteiger partial charge in [0.2, 0.25) is 0 Å². The zero-order valence-corrected chi connectivity index (χ0v) is 28.7. The molecule has 2 aliphatic carbocycles. The Balaban J connectivity index is 1.20. The molecule has 3 N–H and O–H groups in total. The van der Waals surface area contributed by atoms with Crippen molar-refractivity contribution in [3.63, 3.8) is 0 Å². The summed E-state index contributed by atoms with van der Waals surface area (Å²) < 4.78 is 41.9. The van der Waals surface area contributed by atoms with Gasteiger partial charge in [0.25, 0.3) is 0 Å². The average Bonchev–Trinajstić information content (AvgIpc) is 3.71. The highest BCUT2D eigenvalue weighted by Crippen LogP contribution is 2.52. The van der Waals surface area contributed by atoms with Gasteiger partial charge in [-0.15, -0.1) is 11.3 Å². The van der Waals surface area contributed by atoms with E-state index in [1.807, 2.05) is 6.07 Å². The van der Waals surface area contributed by atoms with E-state index in [9.17, 15) is 14.0 Å². The SMILES string of the molecule is CN(C)C1(CNc2nc(OCC3(CC4CCOCC(C)(F)CC4)CC3)nc3cc(-c4ccc(F)c5sc(N)c(C#N)c45)ncc23)CCC1. The second-order valence-corrected chi connectivity index (χ2v) is 15.7. The van der Waals surface area contributed by atoms with Crippen LogP contribution < -0.4 is 15.8 Å². The number of pyridine rings is 1. The van der Waals surface area contributed by atoms with Crippen molar-refractivity contribution in [1.29, 1.82) is 5.26 Å². The van der Waals surface area contributed by atoms with Crippen LogP contribution in [0.4, 0.5) is 19.6 Å². The Morgan fingerprint density at radius 1 is 1.19 bits per heavy atom. The molecule has 48 heavy (non-hydrogen) atoms. The topological polar surface area (TPSA) is 122 Å². The van der Waals surface area contributed by atoms with Gasteiger partial charge < -0.3 is 25.4 Å². The maximum atomic E-state index is 14.8. The van der Waals surface area contributed by atoms with Crippen LogP contribution in [0.1, 0.15) is 70.3 Å². The molecule has 254 valence electrons. The molecule has 9 nitrogen and oxygen atoms in total. The van der Waals surface area contributed by atoms with E-state index in [1.165, 1.54) is 12.5 Å². The van der Waals surface area contributed by atoms with Gasteiger partial charge in [-0.2, -0.15) is 15.2 Å². The number of alkyl halides is 1. The summed E-state index contributed by atoms with van der Waals surface area (Å²) in [4.78, 5) is 16.7. The van der Waals surface area contributed by atoms with Gasteiger partial charge in [0.1, 0.15) is 28.4 Å². The molecule has 0 bridgehead atoms. The van der Waals surface area contributed by atoms with Crippen LogP contribution in [-0.4, -0.2) is 71.5 Å². The summed E-state index contributed by atoms with van der Waals surface area (Å²) in [6.07, 6.45) is 10.5. The quantitative estimate of drug-likeness (QED) is 0.176. The lowest BCUT2D eigenvalue weighted by Gasteiger charge is -2.47. The predicted octanol–water partition coefficient (Wildman–Crippen LogP) is 7.49. The Morgan fingerprint density at radius 2 is 2.00 bits per heavy atom. The molecule has 3 fully saturated rings. The van der Waals surface area contributed by atoms with Crippen molar-refractivity contribution >= 4 is 43.1 Å². The van der Waals surface area contributed by atoms with Gasteiger partial charge in [-0.3, -0.25) is 4.98 Å². The van der Waals surface area contributed by atoms with E-state index in [-0.39, 0.29) is 34.1 Å². The number of aromatic nitrogens is 3. The van der Waals surface area contributed by atoms with E-state index >= 15 is 0 Å². The normalized spacial score (nSPS) is 23.3. The second kappa shape index (κ2) is 12.7. The van der Waals surface area contributed by atoms with Gasteiger partial charge in [-0.25, -0.2) is 8.78 Å². The van der Waals surface area contributed by atoms with Gasteiger partial charge in [-0.1, -0.05) is 0 Å². The van der Waals surface area contributed by atoms with Crippen LogP contribution in [0.15, 0.2) is 24.4 Å². The third-order valence-corrected chi connectivity index (χ3v) is 11.9. The van der Waals surface area contributed by atoms with Crippen LogP contribution in [-0.2, 0) is 4.74 Å². The number of ether oxygens (including phenoxy) is 2. The molecule has 7 rings (SSSR count). The molecule has 12 heteroatoms. The zero-order chi connectivity index (χ0) is 33.7. The Bertz CT molecular complexity index is 1880. The van der Waals surface area contributed by atoms with Crippen molar-refractivity contribution in [3.8, 4) is 23.3 Å². The maximum Gasteiger partial charge on any atom is 0.318 e.